The summed E-state index contributed by atoms with van der Waals surface area (Å²) in [6.45, 7) is 9.71. The van der Waals surface area contributed by atoms with Gasteiger partial charge in [0, 0.05) is 43.0 Å². The van der Waals surface area contributed by atoms with E-state index in [0.717, 1.165) is 31.4 Å². The van der Waals surface area contributed by atoms with Crippen molar-refractivity contribution in [3.05, 3.63) is 65.2 Å². The van der Waals surface area contributed by atoms with Crippen LogP contribution in [0.3, 0.4) is 0 Å². The van der Waals surface area contributed by atoms with Crippen molar-refractivity contribution >= 4 is 23.4 Å². The second kappa shape index (κ2) is 8.90. The normalized spacial score (nSPS) is 22.9. The van der Waals surface area contributed by atoms with Gasteiger partial charge in [-0.05, 0) is 79.0 Å². The lowest BCUT2D eigenvalue weighted by atomic mass is 9.65. The number of carbonyl (C=O) groups excluding carboxylic acids is 3. The summed E-state index contributed by atoms with van der Waals surface area (Å²) in [4.78, 5) is 40.9. The molecule has 2 aromatic carbocycles. The van der Waals surface area contributed by atoms with E-state index in [0.29, 0.717) is 29.4 Å². The third kappa shape index (κ3) is 5.16. The molecule has 1 aliphatic heterocycles. The predicted molar refractivity (Wildman–Crippen MR) is 134 cm³/mol. The summed E-state index contributed by atoms with van der Waals surface area (Å²) in [5, 5.41) is 2.84. The highest BCUT2D eigenvalue weighted by atomic mass is 16.2. The zero-order valence-electron chi connectivity index (χ0n) is 20.9. The number of nitrogens with one attached hydrogen (secondary N) is 1. The van der Waals surface area contributed by atoms with Crippen molar-refractivity contribution in [3.8, 4) is 0 Å². The van der Waals surface area contributed by atoms with Crippen LogP contribution >= 0.6 is 0 Å². The van der Waals surface area contributed by atoms with Crippen LogP contribution in [0.2, 0.25) is 0 Å². The molecule has 2 atom stereocenters. The quantitative estimate of drug-likeness (QED) is 0.590. The third-order valence-corrected chi connectivity index (χ3v) is 7.19. The molecule has 2 aliphatic rings. The van der Waals surface area contributed by atoms with E-state index < -0.39 is 0 Å². The number of fused-ring (bicyclic) bond motifs is 2. The van der Waals surface area contributed by atoms with E-state index in [-0.39, 0.29) is 28.6 Å². The van der Waals surface area contributed by atoms with Crippen molar-refractivity contribution in [3.63, 3.8) is 0 Å². The second-order valence-electron chi connectivity index (χ2n) is 11.3. The molecular formula is C28H35N3O3. The fraction of sp³-hybridized carbons (Fsp3) is 0.464. The SMILES string of the molecule is CC(=O)c1ccc(NC(=O)N(C)Cc2ccc(C(=O)N3CC4(C)CC3CC(C)(C)C4)cc2)cc1. The first-order valence-corrected chi connectivity index (χ1v) is 12.0. The smallest absolute Gasteiger partial charge is 0.321 e. The van der Waals surface area contributed by atoms with Crippen molar-refractivity contribution in [2.75, 3.05) is 18.9 Å². The lowest BCUT2D eigenvalue weighted by Gasteiger charge is -2.39. The van der Waals surface area contributed by atoms with Crippen LogP contribution in [-0.4, -0.2) is 47.2 Å². The molecule has 1 heterocycles. The van der Waals surface area contributed by atoms with Gasteiger partial charge < -0.3 is 15.1 Å². The molecule has 2 fully saturated rings. The zero-order chi connectivity index (χ0) is 24.7. The van der Waals surface area contributed by atoms with E-state index in [1.54, 1.807) is 36.2 Å². The lowest BCUT2D eigenvalue weighted by molar-refractivity contribution is 0.0708. The first-order chi connectivity index (χ1) is 15.9. The number of hydrogen-bond acceptors (Lipinski definition) is 3. The minimum absolute atomic E-state index is 0.0113. The number of Topliss-reactive ketones (excluding diaryl/α,β-unsaturated/α-hetero) is 1. The molecule has 2 aromatic rings. The number of rotatable bonds is 5. The molecule has 180 valence electrons. The van der Waals surface area contributed by atoms with Crippen LogP contribution in [0.25, 0.3) is 0 Å². The molecule has 2 unspecified atom stereocenters. The number of carbonyl (C=O) groups is 3. The summed E-state index contributed by atoms with van der Waals surface area (Å²) in [5.41, 5.74) is 3.39. The average molecular weight is 462 g/mol. The molecule has 0 spiro atoms. The number of urea groups is 1. The number of hydrogen-bond donors (Lipinski definition) is 1. The van der Waals surface area contributed by atoms with E-state index in [2.05, 4.69) is 31.0 Å². The molecule has 0 aromatic heterocycles. The van der Waals surface area contributed by atoms with Gasteiger partial charge in [-0.25, -0.2) is 4.79 Å². The molecular weight excluding hydrogens is 426 g/mol. The molecule has 2 bridgehead atoms. The topological polar surface area (TPSA) is 69.7 Å². The fourth-order valence-corrected chi connectivity index (χ4v) is 5.97. The minimum Gasteiger partial charge on any atom is -0.335 e. The van der Waals surface area contributed by atoms with Crippen LogP contribution in [0, 0.1) is 10.8 Å². The molecule has 0 radical (unpaired) electrons. The van der Waals surface area contributed by atoms with Gasteiger partial charge in [0.15, 0.2) is 5.78 Å². The number of nitrogens with zero attached hydrogens (tertiary/aromatic N) is 2. The molecule has 4 rings (SSSR count). The van der Waals surface area contributed by atoms with Crippen molar-refractivity contribution < 1.29 is 14.4 Å². The van der Waals surface area contributed by atoms with Gasteiger partial charge in [0.25, 0.3) is 5.91 Å². The van der Waals surface area contributed by atoms with Crippen molar-refractivity contribution in [2.24, 2.45) is 10.8 Å². The third-order valence-electron chi connectivity index (χ3n) is 7.19. The predicted octanol–water partition coefficient (Wildman–Crippen LogP) is 5.59. The lowest BCUT2D eigenvalue weighted by Crippen LogP contribution is -2.37. The van der Waals surface area contributed by atoms with Gasteiger partial charge in [0.1, 0.15) is 0 Å². The Morgan fingerprint density at radius 1 is 0.971 bits per heavy atom. The Kier molecular flexibility index (Phi) is 6.28. The van der Waals surface area contributed by atoms with Crippen LogP contribution in [0.1, 0.15) is 73.2 Å². The minimum atomic E-state index is -0.240. The zero-order valence-corrected chi connectivity index (χ0v) is 20.9. The van der Waals surface area contributed by atoms with E-state index in [9.17, 15) is 14.4 Å². The molecule has 1 saturated carbocycles. The summed E-state index contributed by atoms with van der Waals surface area (Å²) in [6, 6.07) is 14.5. The molecule has 6 nitrogen and oxygen atoms in total. The van der Waals surface area contributed by atoms with Gasteiger partial charge in [-0.15, -0.1) is 0 Å². The fourth-order valence-electron chi connectivity index (χ4n) is 5.97. The van der Waals surface area contributed by atoms with E-state index in [1.165, 1.54) is 6.92 Å². The van der Waals surface area contributed by atoms with Crippen molar-refractivity contribution in [1.82, 2.24) is 9.80 Å². The molecule has 1 N–H and O–H groups in total. The van der Waals surface area contributed by atoms with Gasteiger partial charge in [-0.2, -0.15) is 0 Å². The molecule has 1 aliphatic carbocycles. The summed E-state index contributed by atoms with van der Waals surface area (Å²) in [5.74, 6) is 0.0980. The highest BCUT2D eigenvalue weighted by Gasteiger charge is 2.51. The highest BCUT2D eigenvalue weighted by molar-refractivity contribution is 5.96. The maximum absolute atomic E-state index is 13.3. The maximum atomic E-state index is 13.3. The largest absolute Gasteiger partial charge is 0.335 e. The summed E-state index contributed by atoms with van der Waals surface area (Å²) >= 11 is 0. The van der Waals surface area contributed by atoms with Crippen LogP contribution in [0.5, 0.6) is 0 Å². The Labute approximate surface area is 202 Å². The monoisotopic (exact) mass is 461 g/mol. The van der Waals surface area contributed by atoms with Crippen molar-refractivity contribution in [2.45, 2.75) is 59.5 Å². The summed E-state index contributed by atoms with van der Waals surface area (Å²) in [7, 11) is 1.73. The molecule has 3 amide bonds. The Balaban J connectivity index is 1.35. The Hall–Kier alpha value is -3.15. The van der Waals surface area contributed by atoms with Gasteiger partial charge in [-0.1, -0.05) is 32.9 Å². The standard InChI is InChI=1S/C28H35N3O3/c1-19(32)21-10-12-23(13-11-21)29-26(34)30(5)16-20-6-8-22(9-7-20)25(33)31-18-28(4)15-24(31)14-27(2,3)17-28/h6-13,24H,14-18H2,1-5H3,(H,29,34). The number of anilines is 1. The van der Waals surface area contributed by atoms with Gasteiger partial charge in [0.05, 0.1) is 0 Å². The van der Waals surface area contributed by atoms with Crippen molar-refractivity contribution in [1.29, 1.82) is 0 Å². The Morgan fingerprint density at radius 3 is 2.21 bits per heavy atom. The van der Waals surface area contributed by atoms with Gasteiger partial charge in [0.2, 0.25) is 0 Å². The van der Waals surface area contributed by atoms with E-state index in [4.69, 9.17) is 0 Å². The van der Waals surface area contributed by atoms with Gasteiger partial charge in [-0.3, -0.25) is 9.59 Å². The maximum Gasteiger partial charge on any atom is 0.321 e. The second-order valence-corrected chi connectivity index (χ2v) is 11.3. The summed E-state index contributed by atoms with van der Waals surface area (Å²) < 4.78 is 0. The number of likely N-dealkylation sites (tertiary alicyclic amines) is 1. The number of amides is 3. The number of benzene rings is 2. The Bertz CT molecular complexity index is 1090. The van der Waals surface area contributed by atoms with Crippen LogP contribution < -0.4 is 5.32 Å². The van der Waals surface area contributed by atoms with Gasteiger partial charge >= 0.3 is 6.03 Å². The Morgan fingerprint density at radius 2 is 1.59 bits per heavy atom. The van der Waals surface area contributed by atoms with Crippen LogP contribution in [0.15, 0.2) is 48.5 Å². The first kappa shape index (κ1) is 24.0. The number of ketones is 1. The van der Waals surface area contributed by atoms with E-state index >= 15 is 0 Å². The highest BCUT2D eigenvalue weighted by Crippen LogP contribution is 2.52. The first-order valence-electron chi connectivity index (χ1n) is 12.0. The molecule has 6 heteroatoms. The molecule has 1 saturated heterocycles. The molecule has 34 heavy (non-hydrogen) atoms. The van der Waals surface area contributed by atoms with E-state index in [1.807, 2.05) is 24.3 Å². The summed E-state index contributed by atoms with van der Waals surface area (Å²) in [6.07, 6.45) is 3.32. The van der Waals surface area contributed by atoms with Crippen LogP contribution in [-0.2, 0) is 6.54 Å². The van der Waals surface area contributed by atoms with Crippen LogP contribution in [0.4, 0.5) is 10.5 Å². The average Bonchev–Trinajstić information content (AvgIpc) is 3.02.